The standard InChI is InChI=1S/C19H12N6O2S/c26-17-7-9-21-16-10-14(24(25(16)17)12-4-3-8-20-11-12)18(27)23-19-22-13-5-1-2-6-15(13)28-19/h1-11H,(H,22,23,27). The molecule has 0 atom stereocenters. The molecule has 9 heteroatoms. The first-order valence-electron chi connectivity index (χ1n) is 8.38. The van der Waals surface area contributed by atoms with Crippen LogP contribution >= 0.6 is 11.3 Å². The van der Waals surface area contributed by atoms with Gasteiger partial charge in [-0.3, -0.25) is 19.9 Å². The number of fused-ring (bicyclic) bond motifs is 2. The zero-order valence-electron chi connectivity index (χ0n) is 14.3. The number of thiazole rings is 1. The lowest BCUT2D eigenvalue weighted by molar-refractivity contribution is 0.101. The summed E-state index contributed by atoms with van der Waals surface area (Å²) in [6.45, 7) is 0. The van der Waals surface area contributed by atoms with E-state index < -0.39 is 5.91 Å². The van der Waals surface area contributed by atoms with Gasteiger partial charge in [0.1, 0.15) is 5.69 Å². The predicted octanol–water partition coefficient (Wildman–Crippen LogP) is 2.74. The molecule has 8 nitrogen and oxygen atoms in total. The summed E-state index contributed by atoms with van der Waals surface area (Å²) in [4.78, 5) is 38.2. The number of pyridine rings is 1. The van der Waals surface area contributed by atoms with E-state index in [0.29, 0.717) is 16.5 Å². The van der Waals surface area contributed by atoms with Crippen LogP contribution in [0.2, 0.25) is 0 Å². The van der Waals surface area contributed by atoms with Gasteiger partial charge >= 0.3 is 0 Å². The molecule has 28 heavy (non-hydrogen) atoms. The highest BCUT2D eigenvalue weighted by Crippen LogP contribution is 2.26. The Bertz CT molecular complexity index is 1350. The Morgan fingerprint density at radius 1 is 1.07 bits per heavy atom. The van der Waals surface area contributed by atoms with E-state index in [1.165, 1.54) is 32.8 Å². The molecule has 5 rings (SSSR count). The number of benzene rings is 1. The number of hydrogen-bond acceptors (Lipinski definition) is 6. The molecular formula is C19H12N6O2S. The summed E-state index contributed by atoms with van der Waals surface area (Å²) < 4.78 is 3.81. The minimum absolute atomic E-state index is 0.253. The molecule has 0 spiro atoms. The number of aromatic nitrogens is 5. The number of anilines is 1. The van der Waals surface area contributed by atoms with E-state index in [4.69, 9.17) is 0 Å². The number of hydrogen-bond donors (Lipinski definition) is 1. The first-order valence-corrected chi connectivity index (χ1v) is 9.19. The van der Waals surface area contributed by atoms with Crippen molar-refractivity contribution in [3.8, 4) is 5.69 Å². The highest BCUT2D eigenvalue weighted by atomic mass is 32.1. The van der Waals surface area contributed by atoms with Gasteiger partial charge < -0.3 is 0 Å². The van der Waals surface area contributed by atoms with Crippen LogP contribution in [0.4, 0.5) is 5.13 Å². The molecule has 0 unspecified atom stereocenters. The second kappa shape index (κ2) is 6.39. The molecule has 0 aliphatic rings. The van der Waals surface area contributed by atoms with Gasteiger partial charge in [-0.25, -0.2) is 14.6 Å². The van der Waals surface area contributed by atoms with Crippen LogP contribution in [0.5, 0.6) is 0 Å². The Morgan fingerprint density at radius 3 is 2.79 bits per heavy atom. The fourth-order valence-corrected chi connectivity index (χ4v) is 3.85. The van der Waals surface area contributed by atoms with Gasteiger partial charge in [-0.2, -0.15) is 4.52 Å². The Balaban J connectivity index is 1.64. The second-order valence-corrected chi connectivity index (χ2v) is 6.98. The van der Waals surface area contributed by atoms with E-state index in [2.05, 4.69) is 20.3 Å². The number of carbonyl (C=O) groups excluding carboxylic acids is 1. The maximum Gasteiger partial charge on any atom is 0.276 e. The highest BCUT2D eigenvalue weighted by molar-refractivity contribution is 7.22. The molecule has 1 N–H and O–H groups in total. The Labute approximate surface area is 161 Å². The fraction of sp³-hybridized carbons (Fsp3) is 0. The van der Waals surface area contributed by atoms with Gasteiger partial charge in [0, 0.05) is 24.5 Å². The summed E-state index contributed by atoms with van der Waals surface area (Å²) in [5, 5.41) is 3.30. The predicted molar refractivity (Wildman–Crippen MR) is 106 cm³/mol. The number of nitrogens with zero attached hydrogens (tertiary/aromatic N) is 5. The Morgan fingerprint density at radius 2 is 1.96 bits per heavy atom. The molecule has 0 radical (unpaired) electrons. The van der Waals surface area contributed by atoms with Crippen LogP contribution in [0.25, 0.3) is 21.6 Å². The SMILES string of the molecule is O=C(Nc1nc2ccccc2s1)c1cc2nccc(=O)n2n1-c1cccnc1. The summed E-state index contributed by atoms with van der Waals surface area (Å²) in [5.41, 5.74) is 1.71. The van der Waals surface area contributed by atoms with Crippen molar-refractivity contribution in [3.05, 3.63) is 83.2 Å². The molecule has 0 fully saturated rings. The van der Waals surface area contributed by atoms with E-state index in [9.17, 15) is 9.59 Å². The van der Waals surface area contributed by atoms with Crippen molar-refractivity contribution in [3.63, 3.8) is 0 Å². The van der Waals surface area contributed by atoms with E-state index in [1.54, 1.807) is 30.6 Å². The van der Waals surface area contributed by atoms with Crippen molar-refractivity contribution in [2.45, 2.75) is 0 Å². The van der Waals surface area contributed by atoms with Crippen molar-refractivity contribution in [1.29, 1.82) is 0 Å². The zero-order chi connectivity index (χ0) is 19.1. The summed E-state index contributed by atoms with van der Waals surface area (Å²) in [5.74, 6) is -0.396. The summed E-state index contributed by atoms with van der Waals surface area (Å²) in [6.07, 6.45) is 4.62. The van der Waals surface area contributed by atoms with Crippen LogP contribution in [0.1, 0.15) is 10.5 Å². The normalized spacial score (nSPS) is 11.1. The van der Waals surface area contributed by atoms with Crippen molar-refractivity contribution in [1.82, 2.24) is 24.1 Å². The molecule has 136 valence electrons. The van der Waals surface area contributed by atoms with Crippen LogP contribution in [-0.4, -0.2) is 30.1 Å². The molecule has 0 aliphatic heterocycles. The van der Waals surface area contributed by atoms with E-state index in [1.807, 2.05) is 24.3 Å². The summed E-state index contributed by atoms with van der Waals surface area (Å²) in [7, 11) is 0. The average molecular weight is 388 g/mol. The van der Waals surface area contributed by atoms with Gasteiger partial charge in [-0.1, -0.05) is 23.5 Å². The van der Waals surface area contributed by atoms with Crippen LogP contribution in [0.3, 0.4) is 0 Å². The minimum atomic E-state index is -0.396. The van der Waals surface area contributed by atoms with E-state index >= 15 is 0 Å². The van der Waals surface area contributed by atoms with Crippen molar-refractivity contribution >= 4 is 38.2 Å². The van der Waals surface area contributed by atoms with Gasteiger partial charge in [0.05, 0.1) is 22.1 Å². The van der Waals surface area contributed by atoms with Gasteiger partial charge in [0.25, 0.3) is 11.5 Å². The molecule has 1 aromatic carbocycles. The second-order valence-electron chi connectivity index (χ2n) is 5.95. The lowest BCUT2D eigenvalue weighted by atomic mass is 10.3. The Kier molecular flexibility index (Phi) is 3.73. The van der Waals surface area contributed by atoms with Crippen LogP contribution in [0.15, 0.2) is 71.9 Å². The number of rotatable bonds is 3. The molecule has 1 amide bonds. The summed E-state index contributed by atoms with van der Waals surface area (Å²) in [6, 6.07) is 14.1. The monoisotopic (exact) mass is 388 g/mol. The molecule has 0 saturated carbocycles. The van der Waals surface area contributed by atoms with Gasteiger partial charge in [-0.15, -0.1) is 0 Å². The van der Waals surface area contributed by atoms with Gasteiger partial charge in [0.2, 0.25) is 0 Å². The largest absolute Gasteiger partial charge is 0.296 e. The zero-order valence-corrected chi connectivity index (χ0v) is 15.1. The number of para-hydroxylation sites is 1. The molecule has 0 bridgehead atoms. The first kappa shape index (κ1) is 16.3. The number of carbonyl (C=O) groups is 1. The smallest absolute Gasteiger partial charge is 0.276 e. The van der Waals surface area contributed by atoms with Gasteiger partial charge in [0.15, 0.2) is 10.8 Å². The molecule has 4 aromatic heterocycles. The maximum atomic E-state index is 13.0. The summed E-state index contributed by atoms with van der Waals surface area (Å²) >= 11 is 1.38. The average Bonchev–Trinajstić information content (AvgIpc) is 3.30. The molecule has 4 heterocycles. The molecule has 0 saturated heterocycles. The molecule has 5 aromatic rings. The minimum Gasteiger partial charge on any atom is -0.296 e. The number of amides is 1. The lowest BCUT2D eigenvalue weighted by Crippen LogP contribution is -2.23. The number of nitrogens with one attached hydrogen (secondary N) is 1. The fourth-order valence-electron chi connectivity index (χ4n) is 2.99. The van der Waals surface area contributed by atoms with Crippen LogP contribution in [0, 0.1) is 0 Å². The van der Waals surface area contributed by atoms with Gasteiger partial charge in [-0.05, 0) is 24.3 Å². The Hall–Kier alpha value is -3.85. The molecular weight excluding hydrogens is 376 g/mol. The van der Waals surface area contributed by atoms with Crippen molar-refractivity contribution < 1.29 is 4.79 Å². The topological polar surface area (TPSA) is 94.2 Å². The highest BCUT2D eigenvalue weighted by Gasteiger charge is 2.20. The third-order valence-electron chi connectivity index (χ3n) is 4.18. The van der Waals surface area contributed by atoms with Crippen molar-refractivity contribution in [2.75, 3.05) is 5.32 Å². The van der Waals surface area contributed by atoms with Crippen LogP contribution < -0.4 is 10.9 Å². The third kappa shape index (κ3) is 2.65. The van der Waals surface area contributed by atoms with Crippen LogP contribution in [-0.2, 0) is 0 Å². The maximum absolute atomic E-state index is 13.0. The quantitative estimate of drug-likeness (QED) is 0.513. The van der Waals surface area contributed by atoms with Crippen molar-refractivity contribution in [2.24, 2.45) is 0 Å². The first-order chi connectivity index (χ1) is 13.7. The molecule has 0 aliphatic carbocycles. The van der Waals surface area contributed by atoms with E-state index in [0.717, 1.165) is 10.2 Å². The van der Waals surface area contributed by atoms with E-state index in [-0.39, 0.29) is 11.3 Å². The third-order valence-corrected chi connectivity index (χ3v) is 5.13. The lowest BCUT2D eigenvalue weighted by Gasteiger charge is -2.09.